The molecule has 0 aliphatic heterocycles. The van der Waals surface area contributed by atoms with Crippen molar-refractivity contribution in [1.29, 1.82) is 5.26 Å². The van der Waals surface area contributed by atoms with Crippen molar-refractivity contribution in [2.24, 2.45) is 5.92 Å². The van der Waals surface area contributed by atoms with Gasteiger partial charge in [0.25, 0.3) is 0 Å². The summed E-state index contributed by atoms with van der Waals surface area (Å²) in [6.07, 6.45) is 8.05. The van der Waals surface area contributed by atoms with Gasteiger partial charge in [0.1, 0.15) is 0 Å². The zero-order valence-corrected chi connectivity index (χ0v) is 6.17. The van der Waals surface area contributed by atoms with E-state index in [2.05, 4.69) is 19.1 Å². The zero-order chi connectivity index (χ0) is 7.40. The third kappa shape index (κ3) is 1.48. The van der Waals surface area contributed by atoms with Crippen molar-refractivity contribution in [2.75, 3.05) is 0 Å². The Kier molecular flexibility index (Phi) is 2.28. The maximum atomic E-state index is 8.58. The number of rotatable bonds is 1. The van der Waals surface area contributed by atoms with Gasteiger partial charge in [-0.25, -0.2) is 0 Å². The summed E-state index contributed by atoms with van der Waals surface area (Å²) in [5, 5.41) is 8.58. The third-order valence-corrected chi connectivity index (χ3v) is 1.78. The second-order valence-electron chi connectivity index (χ2n) is 2.50. The Morgan fingerprint density at radius 1 is 1.80 bits per heavy atom. The van der Waals surface area contributed by atoms with Crippen molar-refractivity contribution < 1.29 is 0 Å². The lowest BCUT2D eigenvalue weighted by Gasteiger charge is -2.09. The molecule has 0 bridgehead atoms. The third-order valence-electron chi connectivity index (χ3n) is 1.78. The van der Waals surface area contributed by atoms with E-state index >= 15 is 0 Å². The van der Waals surface area contributed by atoms with Crippen molar-refractivity contribution >= 4 is 0 Å². The molecule has 1 nitrogen and oxygen atoms in total. The first kappa shape index (κ1) is 7.08. The molecular weight excluding hydrogens is 122 g/mol. The fourth-order valence-corrected chi connectivity index (χ4v) is 1.10. The molecule has 1 aliphatic rings. The highest BCUT2D eigenvalue weighted by Crippen LogP contribution is 2.19. The normalized spacial score (nSPS) is 23.6. The van der Waals surface area contributed by atoms with Crippen molar-refractivity contribution in [2.45, 2.75) is 19.8 Å². The summed E-state index contributed by atoms with van der Waals surface area (Å²) in [5.74, 6) is 0.125. The number of nitrogens with zero attached hydrogens (tertiary/aromatic N) is 1. The highest BCUT2D eigenvalue weighted by Gasteiger charge is 2.07. The molecule has 0 saturated heterocycles. The molecule has 1 rings (SSSR count). The van der Waals surface area contributed by atoms with Gasteiger partial charge in [-0.05, 0) is 12.8 Å². The Labute approximate surface area is 61.7 Å². The average Bonchev–Trinajstić information content (AvgIpc) is 2.05. The minimum atomic E-state index is 0.125. The molecule has 0 amide bonds. The molecular formula is C9H11N. The van der Waals surface area contributed by atoms with Crippen LogP contribution in [-0.2, 0) is 0 Å². The molecule has 0 saturated carbocycles. The molecule has 1 aliphatic carbocycles. The fourth-order valence-electron chi connectivity index (χ4n) is 1.10. The summed E-state index contributed by atoms with van der Waals surface area (Å²) in [7, 11) is 0. The number of hydrogen-bond acceptors (Lipinski definition) is 1. The minimum absolute atomic E-state index is 0.125. The molecule has 0 heterocycles. The highest BCUT2D eigenvalue weighted by atomic mass is 14.3. The predicted octanol–water partition coefficient (Wildman–Crippen LogP) is 2.42. The molecule has 0 aromatic heterocycles. The highest BCUT2D eigenvalue weighted by molar-refractivity contribution is 5.22. The second kappa shape index (κ2) is 3.22. The molecule has 0 radical (unpaired) electrons. The summed E-state index contributed by atoms with van der Waals surface area (Å²) >= 11 is 0. The van der Waals surface area contributed by atoms with Crippen LogP contribution in [0.4, 0.5) is 0 Å². The molecule has 0 spiro atoms. The van der Waals surface area contributed by atoms with Gasteiger partial charge in [-0.1, -0.05) is 30.7 Å². The van der Waals surface area contributed by atoms with Crippen LogP contribution in [0, 0.1) is 17.2 Å². The van der Waals surface area contributed by atoms with Crippen LogP contribution in [0.15, 0.2) is 23.8 Å². The predicted molar refractivity (Wildman–Crippen MR) is 41.2 cm³/mol. The topological polar surface area (TPSA) is 23.8 Å². The number of allylic oxidation sites excluding steroid dienone is 4. The standard InChI is InChI=1S/C9H11N/c1-2-8-4-3-5-9(6-8)7-10/h3-5,9H,2,6H2,1H3. The summed E-state index contributed by atoms with van der Waals surface area (Å²) in [5.41, 5.74) is 1.38. The van der Waals surface area contributed by atoms with E-state index < -0.39 is 0 Å². The van der Waals surface area contributed by atoms with Gasteiger partial charge in [-0.3, -0.25) is 0 Å². The van der Waals surface area contributed by atoms with Crippen LogP contribution < -0.4 is 0 Å². The van der Waals surface area contributed by atoms with Crippen molar-refractivity contribution in [3.05, 3.63) is 23.8 Å². The number of nitriles is 1. The molecule has 0 aromatic carbocycles. The average molecular weight is 133 g/mol. The van der Waals surface area contributed by atoms with Crippen LogP contribution in [0.2, 0.25) is 0 Å². The van der Waals surface area contributed by atoms with Crippen LogP contribution in [0.25, 0.3) is 0 Å². The van der Waals surface area contributed by atoms with Gasteiger partial charge in [0, 0.05) is 0 Å². The van der Waals surface area contributed by atoms with Gasteiger partial charge >= 0.3 is 0 Å². The summed E-state index contributed by atoms with van der Waals surface area (Å²) in [6, 6.07) is 2.24. The Hall–Kier alpha value is -1.03. The molecule has 1 atom stereocenters. The monoisotopic (exact) mass is 133 g/mol. The lowest BCUT2D eigenvalue weighted by Crippen LogP contribution is -1.98. The van der Waals surface area contributed by atoms with E-state index in [0.29, 0.717) is 0 Å². The van der Waals surface area contributed by atoms with Crippen molar-refractivity contribution in [1.82, 2.24) is 0 Å². The second-order valence-corrected chi connectivity index (χ2v) is 2.50. The van der Waals surface area contributed by atoms with E-state index in [1.54, 1.807) is 0 Å². The van der Waals surface area contributed by atoms with E-state index in [-0.39, 0.29) is 5.92 Å². The quantitative estimate of drug-likeness (QED) is 0.539. The smallest absolute Gasteiger partial charge is 0.0700 e. The molecule has 0 fully saturated rings. The zero-order valence-electron chi connectivity index (χ0n) is 6.17. The van der Waals surface area contributed by atoms with Gasteiger partial charge in [-0.15, -0.1) is 0 Å². The summed E-state index contributed by atoms with van der Waals surface area (Å²) in [6.45, 7) is 2.12. The van der Waals surface area contributed by atoms with Gasteiger partial charge < -0.3 is 0 Å². The van der Waals surface area contributed by atoms with Gasteiger partial charge in [0.15, 0.2) is 0 Å². The molecule has 1 unspecified atom stereocenters. The molecule has 0 aromatic rings. The van der Waals surface area contributed by atoms with E-state index in [0.717, 1.165) is 12.8 Å². The Morgan fingerprint density at radius 3 is 3.20 bits per heavy atom. The van der Waals surface area contributed by atoms with Crippen molar-refractivity contribution in [3.63, 3.8) is 0 Å². The van der Waals surface area contributed by atoms with E-state index in [9.17, 15) is 0 Å². The Morgan fingerprint density at radius 2 is 2.60 bits per heavy atom. The first-order valence-electron chi connectivity index (χ1n) is 3.62. The summed E-state index contributed by atoms with van der Waals surface area (Å²) in [4.78, 5) is 0. The Balaban J connectivity index is 2.61. The molecule has 10 heavy (non-hydrogen) atoms. The van der Waals surface area contributed by atoms with Crippen LogP contribution in [0.1, 0.15) is 19.8 Å². The van der Waals surface area contributed by atoms with Crippen LogP contribution in [0.5, 0.6) is 0 Å². The van der Waals surface area contributed by atoms with Crippen molar-refractivity contribution in [3.8, 4) is 6.07 Å². The van der Waals surface area contributed by atoms with Crippen LogP contribution >= 0.6 is 0 Å². The Bertz CT molecular complexity index is 205. The van der Waals surface area contributed by atoms with Gasteiger partial charge in [-0.2, -0.15) is 5.26 Å². The minimum Gasteiger partial charge on any atom is -0.198 e. The maximum absolute atomic E-state index is 8.58. The molecule has 52 valence electrons. The van der Waals surface area contributed by atoms with E-state index in [4.69, 9.17) is 5.26 Å². The lowest BCUT2D eigenvalue weighted by molar-refractivity contribution is 0.768. The van der Waals surface area contributed by atoms with Gasteiger partial charge in [0.2, 0.25) is 0 Å². The maximum Gasteiger partial charge on any atom is 0.0700 e. The van der Waals surface area contributed by atoms with E-state index in [1.165, 1.54) is 5.57 Å². The van der Waals surface area contributed by atoms with E-state index in [1.807, 2.05) is 12.2 Å². The van der Waals surface area contributed by atoms with Crippen LogP contribution in [0.3, 0.4) is 0 Å². The molecule has 0 N–H and O–H groups in total. The van der Waals surface area contributed by atoms with Crippen LogP contribution in [-0.4, -0.2) is 0 Å². The lowest BCUT2D eigenvalue weighted by atomic mass is 9.94. The fraction of sp³-hybridized carbons (Fsp3) is 0.444. The van der Waals surface area contributed by atoms with Gasteiger partial charge in [0.05, 0.1) is 12.0 Å². The number of hydrogen-bond donors (Lipinski definition) is 0. The first-order chi connectivity index (χ1) is 4.86. The molecule has 1 heteroatoms. The largest absolute Gasteiger partial charge is 0.198 e. The summed E-state index contributed by atoms with van der Waals surface area (Å²) < 4.78 is 0. The SMILES string of the molecule is CCC1=CC=CC(C#N)C1. The first-order valence-corrected chi connectivity index (χ1v) is 3.62.